The van der Waals surface area contributed by atoms with Gasteiger partial charge >= 0.3 is 0 Å². The largest absolute Gasteiger partial charge is 0.493 e. The van der Waals surface area contributed by atoms with E-state index in [1.165, 1.54) is 0 Å². The van der Waals surface area contributed by atoms with E-state index in [1.807, 2.05) is 18.2 Å². The minimum Gasteiger partial charge on any atom is -0.493 e. The van der Waals surface area contributed by atoms with Crippen molar-refractivity contribution in [3.8, 4) is 11.5 Å². The zero-order chi connectivity index (χ0) is 13.9. The smallest absolute Gasteiger partial charge is 0.166 e. The summed E-state index contributed by atoms with van der Waals surface area (Å²) in [6, 6.07) is 5.60. The fraction of sp³-hybridized carbons (Fsp3) is 0.600. The molecule has 19 heavy (non-hydrogen) atoms. The van der Waals surface area contributed by atoms with Gasteiger partial charge in [0, 0.05) is 17.5 Å². The Morgan fingerprint density at radius 2 is 1.95 bits per heavy atom. The van der Waals surface area contributed by atoms with Crippen molar-refractivity contribution in [1.29, 1.82) is 0 Å². The summed E-state index contributed by atoms with van der Waals surface area (Å²) in [4.78, 5) is 0. The molecule has 2 rings (SSSR count). The van der Waals surface area contributed by atoms with E-state index in [4.69, 9.17) is 15.2 Å². The molecule has 1 fully saturated rings. The fourth-order valence-corrected chi connectivity index (χ4v) is 3.13. The molecule has 1 atom stereocenters. The Balaban J connectivity index is 2.40. The lowest BCUT2D eigenvalue weighted by molar-refractivity contribution is 0.0312. The maximum atomic E-state index is 10.8. The molecule has 0 bridgehead atoms. The zero-order valence-corrected chi connectivity index (χ0v) is 11.7. The molecule has 0 radical (unpaired) electrons. The van der Waals surface area contributed by atoms with Gasteiger partial charge in [0.2, 0.25) is 0 Å². The van der Waals surface area contributed by atoms with Crippen LogP contribution in [0.2, 0.25) is 0 Å². The molecule has 1 aliphatic carbocycles. The third-order valence-electron chi connectivity index (χ3n) is 4.31. The first-order chi connectivity index (χ1) is 9.18. The Bertz CT molecular complexity index is 427. The lowest BCUT2D eigenvalue weighted by atomic mass is 9.77. The standard InChI is InChI=1S/C15H23NO3/c1-18-12-7-5-6-11(13(12)19-2)14(17)15(10-16)8-3-4-9-15/h5-7,14,17H,3-4,8-10,16H2,1-2H3. The predicted molar refractivity (Wildman–Crippen MR) is 74.5 cm³/mol. The average molecular weight is 265 g/mol. The van der Waals surface area contributed by atoms with Gasteiger partial charge in [-0.3, -0.25) is 0 Å². The summed E-state index contributed by atoms with van der Waals surface area (Å²) >= 11 is 0. The molecule has 4 nitrogen and oxygen atoms in total. The van der Waals surface area contributed by atoms with Crippen molar-refractivity contribution in [2.24, 2.45) is 11.1 Å². The Morgan fingerprint density at radius 3 is 2.47 bits per heavy atom. The van der Waals surface area contributed by atoms with Gasteiger partial charge in [0.25, 0.3) is 0 Å². The summed E-state index contributed by atoms with van der Waals surface area (Å²) in [5, 5.41) is 10.8. The molecule has 4 heteroatoms. The van der Waals surface area contributed by atoms with Crippen LogP contribution >= 0.6 is 0 Å². The Morgan fingerprint density at radius 1 is 1.26 bits per heavy atom. The Labute approximate surface area is 114 Å². The van der Waals surface area contributed by atoms with Crippen molar-refractivity contribution in [3.63, 3.8) is 0 Å². The maximum Gasteiger partial charge on any atom is 0.166 e. The quantitative estimate of drug-likeness (QED) is 0.857. The van der Waals surface area contributed by atoms with E-state index in [9.17, 15) is 5.11 Å². The van der Waals surface area contributed by atoms with Gasteiger partial charge in [0.1, 0.15) is 0 Å². The number of nitrogens with two attached hydrogens (primary N) is 1. The molecule has 1 aromatic rings. The van der Waals surface area contributed by atoms with Gasteiger partial charge in [0.15, 0.2) is 11.5 Å². The van der Waals surface area contributed by atoms with Crippen LogP contribution in [0, 0.1) is 5.41 Å². The van der Waals surface area contributed by atoms with Crippen LogP contribution in [0.4, 0.5) is 0 Å². The molecule has 1 unspecified atom stereocenters. The summed E-state index contributed by atoms with van der Waals surface area (Å²) in [6.07, 6.45) is 3.57. The highest BCUT2D eigenvalue weighted by atomic mass is 16.5. The fourth-order valence-electron chi connectivity index (χ4n) is 3.13. The first kappa shape index (κ1) is 14.2. The van der Waals surface area contributed by atoms with Gasteiger partial charge in [-0.2, -0.15) is 0 Å². The van der Waals surface area contributed by atoms with E-state index in [0.717, 1.165) is 31.2 Å². The van der Waals surface area contributed by atoms with Crippen molar-refractivity contribution in [1.82, 2.24) is 0 Å². The average Bonchev–Trinajstić information content (AvgIpc) is 2.95. The number of aliphatic hydroxyl groups excluding tert-OH is 1. The third kappa shape index (κ3) is 2.42. The molecule has 1 aromatic carbocycles. The zero-order valence-electron chi connectivity index (χ0n) is 11.7. The summed E-state index contributed by atoms with van der Waals surface area (Å²) in [6.45, 7) is 0.495. The van der Waals surface area contributed by atoms with E-state index in [0.29, 0.717) is 18.0 Å². The van der Waals surface area contributed by atoms with Crippen LogP contribution in [-0.4, -0.2) is 25.9 Å². The van der Waals surface area contributed by atoms with Gasteiger partial charge in [-0.05, 0) is 18.9 Å². The number of hydrogen-bond acceptors (Lipinski definition) is 4. The van der Waals surface area contributed by atoms with E-state index in [2.05, 4.69) is 0 Å². The maximum absolute atomic E-state index is 10.8. The number of hydrogen-bond donors (Lipinski definition) is 2. The van der Waals surface area contributed by atoms with Crippen LogP contribution in [-0.2, 0) is 0 Å². The lowest BCUT2D eigenvalue weighted by Gasteiger charge is -2.34. The normalized spacial score (nSPS) is 19.2. The van der Waals surface area contributed by atoms with E-state index in [-0.39, 0.29) is 5.41 Å². The van der Waals surface area contributed by atoms with Gasteiger partial charge in [-0.1, -0.05) is 25.0 Å². The summed E-state index contributed by atoms with van der Waals surface area (Å²) in [5.74, 6) is 1.25. The lowest BCUT2D eigenvalue weighted by Crippen LogP contribution is -2.34. The first-order valence-electron chi connectivity index (χ1n) is 6.77. The molecule has 1 saturated carbocycles. The first-order valence-corrected chi connectivity index (χ1v) is 6.77. The van der Waals surface area contributed by atoms with Crippen LogP contribution in [0.15, 0.2) is 18.2 Å². The molecule has 0 aromatic heterocycles. The summed E-state index contributed by atoms with van der Waals surface area (Å²) in [7, 11) is 3.19. The second-order valence-corrected chi connectivity index (χ2v) is 5.26. The molecule has 0 saturated heterocycles. The number of rotatable bonds is 5. The molecule has 106 valence electrons. The highest BCUT2D eigenvalue weighted by Gasteiger charge is 2.41. The van der Waals surface area contributed by atoms with E-state index >= 15 is 0 Å². The number of ether oxygens (including phenoxy) is 2. The minimum absolute atomic E-state index is 0.223. The van der Waals surface area contributed by atoms with Gasteiger partial charge < -0.3 is 20.3 Å². The number of para-hydroxylation sites is 1. The van der Waals surface area contributed by atoms with Crippen molar-refractivity contribution < 1.29 is 14.6 Å². The van der Waals surface area contributed by atoms with E-state index < -0.39 is 6.10 Å². The predicted octanol–water partition coefficient (Wildman–Crippen LogP) is 2.26. The van der Waals surface area contributed by atoms with Crippen molar-refractivity contribution >= 4 is 0 Å². The van der Waals surface area contributed by atoms with Crippen molar-refractivity contribution in [2.75, 3.05) is 20.8 Å². The van der Waals surface area contributed by atoms with Crippen molar-refractivity contribution in [2.45, 2.75) is 31.8 Å². The monoisotopic (exact) mass is 265 g/mol. The highest BCUT2D eigenvalue weighted by molar-refractivity contribution is 5.48. The number of aliphatic hydroxyl groups is 1. The molecule has 0 spiro atoms. The number of methoxy groups -OCH3 is 2. The summed E-state index contributed by atoms with van der Waals surface area (Å²) in [5.41, 5.74) is 6.49. The summed E-state index contributed by atoms with van der Waals surface area (Å²) < 4.78 is 10.7. The second kappa shape index (κ2) is 5.80. The van der Waals surface area contributed by atoms with Gasteiger partial charge in [0.05, 0.1) is 20.3 Å². The third-order valence-corrected chi connectivity index (χ3v) is 4.31. The second-order valence-electron chi connectivity index (χ2n) is 5.26. The molecule has 0 heterocycles. The Hall–Kier alpha value is -1.26. The van der Waals surface area contributed by atoms with Crippen LogP contribution in [0.25, 0.3) is 0 Å². The molecule has 1 aliphatic rings. The Kier molecular flexibility index (Phi) is 4.32. The SMILES string of the molecule is COc1cccc(C(O)C2(CN)CCCC2)c1OC. The van der Waals surface area contributed by atoms with E-state index in [1.54, 1.807) is 14.2 Å². The molecule has 3 N–H and O–H groups in total. The molecule has 0 aliphatic heterocycles. The topological polar surface area (TPSA) is 64.7 Å². The van der Waals surface area contributed by atoms with Gasteiger partial charge in [-0.15, -0.1) is 0 Å². The molecule has 0 amide bonds. The van der Waals surface area contributed by atoms with Crippen LogP contribution in [0.3, 0.4) is 0 Å². The van der Waals surface area contributed by atoms with Crippen molar-refractivity contribution in [3.05, 3.63) is 23.8 Å². The van der Waals surface area contributed by atoms with Crippen LogP contribution in [0.1, 0.15) is 37.4 Å². The van der Waals surface area contributed by atoms with Crippen LogP contribution < -0.4 is 15.2 Å². The highest BCUT2D eigenvalue weighted by Crippen LogP contribution is 2.49. The molecular formula is C15H23NO3. The number of benzene rings is 1. The minimum atomic E-state index is -0.606. The molecular weight excluding hydrogens is 242 g/mol. The van der Waals surface area contributed by atoms with Crippen LogP contribution in [0.5, 0.6) is 11.5 Å². The van der Waals surface area contributed by atoms with Gasteiger partial charge in [-0.25, -0.2) is 0 Å².